The van der Waals surface area contributed by atoms with Crippen molar-refractivity contribution in [3.05, 3.63) is 29.8 Å². The summed E-state index contributed by atoms with van der Waals surface area (Å²) in [5.41, 5.74) is 2.05. The second-order valence-electron chi connectivity index (χ2n) is 7.77. The number of likely N-dealkylation sites (tertiary alicyclic amines) is 1. The molecular weight excluding hydrogens is 326 g/mol. The molecular formula is C21H31N3O2. The Morgan fingerprint density at radius 3 is 2.73 bits per heavy atom. The van der Waals surface area contributed by atoms with Gasteiger partial charge in [-0.15, -0.1) is 0 Å². The average Bonchev–Trinajstić information content (AvgIpc) is 3.02. The third-order valence-corrected chi connectivity index (χ3v) is 5.70. The smallest absolute Gasteiger partial charge is 0.227 e. The lowest BCUT2D eigenvalue weighted by Crippen LogP contribution is -2.40. The van der Waals surface area contributed by atoms with E-state index < -0.39 is 0 Å². The molecule has 0 bridgehead atoms. The molecule has 2 aliphatic rings. The number of nitrogens with one attached hydrogen (secondary N) is 1. The average molecular weight is 357 g/mol. The first-order chi connectivity index (χ1) is 12.5. The Hall–Kier alpha value is -1.88. The Bertz CT molecular complexity index is 629. The predicted molar refractivity (Wildman–Crippen MR) is 104 cm³/mol. The van der Waals surface area contributed by atoms with E-state index in [1.165, 1.54) is 25.8 Å². The summed E-state index contributed by atoms with van der Waals surface area (Å²) in [6.45, 7) is 7.71. The van der Waals surface area contributed by atoms with E-state index in [1.54, 1.807) is 4.90 Å². The Morgan fingerprint density at radius 2 is 2.00 bits per heavy atom. The number of nitrogens with zero attached hydrogens (tertiary/aromatic N) is 2. The van der Waals surface area contributed by atoms with E-state index in [2.05, 4.69) is 17.1 Å². The van der Waals surface area contributed by atoms with Crippen LogP contribution in [0.25, 0.3) is 0 Å². The molecule has 0 spiro atoms. The number of carbonyl (C=O) groups is 2. The van der Waals surface area contributed by atoms with Crippen molar-refractivity contribution in [3.8, 4) is 0 Å². The lowest BCUT2D eigenvalue weighted by atomic mass is 10.0. The number of aryl methyl sites for hydroxylation is 1. The molecule has 0 saturated carbocycles. The first kappa shape index (κ1) is 18.9. The van der Waals surface area contributed by atoms with E-state index in [9.17, 15) is 9.59 Å². The number of hydrogen-bond donors (Lipinski definition) is 1. The number of carbonyl (C=O) groups excluding carboxylic acids is 2. The van der Waals surface area contributed by atoms with E-state index in [0.717, 1.165) is 24.2 Å². The third-order valence-electron chi connectivity index (χ3n) is 5.70. The predicted octanol–water partition coefficient (Wildman–Crippen LogP) is 2.73. The summed E-state index contributed by atoms with van der Waals surface area (Å²) in [7, 11) is 0. The van der Waals surface area contributed by atoms with Gasteiger partial charge in [0.1, 0.15) is 0 Å². The van der Waals surface area contributed by atoms with Crippen LogP contribution < -0.4 is 10.2 Å². The van der Waals surface area contributed by atoms with Crippen molar-refractivity contribution in [1.29, 1.82) is 0 Å². The van der Waals surface area contributed by atoms with Gasteiger partial charge < -0.3 is 15.1 Å². The molecule has 26 heavy (non-hydrogen) atoms. The summed E-state index contributed by atoms with van der Waals surface area (Å²) in [6, 6.07) is 8.56. The monoisotopic (exact) mass is 357 g/mol. The Morgan fingerprint density at radius 1 is 1.23 bits per heavy atom. The SMILES string of the molecule is Cc1ccc(N2CC(C(=O)NCCCN3CCCCC3C)CC2=O)cc1. The molecule has 1 N–H and O–H groups in total. The summed E-state index contributed by atoms with van der Waals surface area (Å²) in [5.74, 6) is -0.187. The highest BCUT2D eigenvalue weighted by molar-refractivity contribution is 6.00. The number of anilines is 1. The van der Waals surface area contributed by atoms with Gasteiger partial charge in [-0.2, -0.15) is 0 Å². The lowest BCUT2D eigenvalue weighted by molar-refractivity contribution is -0.126. The quantitative estimate of drug-likeness (QED) is 0.797. The van der Waals surface area contributed by atoms with Gasteiger partial charge in [-0.3, -0.25) is 9.59 Å². The fourth-order valence-corrected chi connectivity index (χ4v) is 3.99. The van der Waals surface area contributed by atoms with Crippen LogP contribution >= 0.6 is 0 Å². The van der Waals surface area contributed by atoms with Crippen LogP contribution in [0.3, 0.4) is 0 Å². The number of hydrogen-bond acceptors (Lipinski definition) is 3. The normalized spacial score (nSPS) is 24.1. The third kappa shape index (κ3) is 4.64. The maximum absolute atomic E-state index is 12.4. The molecule has 142 valence electrons. The maximum Gasteiger partial charge on any atom is 0.227 e. The van der Waals surface area contributed by atoms with Crippen LogP contribution in [0.4, 0.5) is 5.69 Å². The van der Waals surface area contributed by atoms with Crippen molar-refractivity contribution in [2.75, 3.05) is 31.1 Å². The largest absolute Gasteiger partial charge is 0.356 e. The standard InChI is InChI=1S/C21H31N3O2/c1-16-7-9-19(10-8-16)24-15-18(14-20(24)25)21(26)22-11-5-13-23-12-4-3-6-17(23)2/h7-10,17-18H,3-6,11-15H2,1-2H3,(H,22,26). The molecule has 2 aliphatic heterocycles. The summed E-state index contributed by atoms with van der Waals surface area (Å²) in [6.07, 6.45) is 5.18. The van der Waals surface area contributed by atoms with Gasteiger partial charge in [0, 0.05) is 37.8 Å². The molecule has 2 atom stereocenters. The van der Waals surface area contributed by atoms with Gasteiger partial charge in [-0.1, -0.05) is 24.1 Å². The van der Waals surface area contributed by atoms with Crippen LogP contribution in [-0.4, -0.2) is 48.9 Å². The summed E-state index contributed by atoms with van der Waals surface area (Å²) in [4.78, 5) is 29.0. The van der Waals surface area contributed by atoms with Crippen molar-refractivity contribution in [2.45, 2.75) is 52.0 Å². The van der Waals surface area contributed by atoms with Gasteiger partial charge >= 0.3 is 0 Å². The van der Waals surface area contributed by atoms with E-state index in [-0.39, 0.29) is 17.7 Å². The van der Waals surface area contributed by atoms with Crippen LogP contribution in [0.1, 0.15) is 44.6 Å². The fourth-order valence-electron chi connectivity index (χ4n) is 3.99. The Kier molecular flexibility index (Phi) is 6.30. The summed E-state index contributed by atoms with van der Waals surface area (Å²) >= 11 is 0. The van der Waals surface area contributed by atoms with Crippen LogP contribution in [0.5, 0.6) is 0 Å². The zero-order valence-corrected chi connectivity index (χ0v) is 16.0. The Labute approximate surface area is 156 Å². The zero-order valence-electron chi connectivity index (χ0n) is 16.0. The lowest BCUT2D eigenvalue weighted by Gasteiger charge is -2.33. The van der Waals surface area contributed by atoms with Crippen molar-refractivity contribution >= 4 is 17.5 Å². The van der Waals surface area contributed by atoms with Crippen molar-refractivity contribution < 1.29 is 9.59 Å². The first-order valence-electron chi connectivity index (χ1n) is 9.93. The highest BCUT2D eigenvalue weighted by Gasteiger charge is 2.34. The van der Waals surface area contributed by atoms with Crippen LogP contribution in [0.2, 0.25) is 0 Å². The molecule has 0 aromatic heterocycles. The van der Waals surface area contributed by atoms with Crippen molar-refractivity contribution in [1.82, 2.24) is 10.2 Å². The van der Waals surface area contributed by atoms with Crippen molar-refractivity contribution in [3.63, 3.8) is 0 Å². The van der Waals surface area contributed by atoms with Crippen LogP contribution in [0, 0.1) is 12.8 Å². The molecule has 2 fully saturated rings. The van der Waals surface area contributed by atoms with Crippen LogP contribution in [0.15, 0.2) is 24.3 Å². The van der Waals surface area contributed by atoms with E-state index >= 15 is 0 Å². The molecule has 2 heterocycles. The molecule has 3 rings (SSSR count). The minimum Gasteiger partial charge on any atom is -0.356 e. The number of benzene rings is 1. The molecule has 0 radical (unpaired) electrons. The molecule has 1 aromatic rings. The number of amides is 2. The molecule has 0 aliphatic carbocycles. The van der Waals surface area contributed by atoms with Gasteiger partial charge in [-0.05, 0) is 51.8 Å². The van der Waals surface area contributed by atoms with E-state index in [1.807, 2.05) is 31.2 Å². The van der Waals surface area contributed by atoms with Crippen LogP contribution in [-0.2, 0) is 9.59 Å². The first-order valence-corrected chi connectivity index (χ1v) is 9.93. The van der Waals surface area contributed by atoms with Gasteiger partial charge in [-0.25, -0.2) is 0 Å². The minimum atomic E-state index is -0.238. The van der Waals surface area contributed by atoms with Gasteiger partial charge in [0.15, 0.2) is 0 Å². The number of rotatable bonds is 6. The summed E-state index contributed by atoms with van der Waals surface area (Å²) in [5, 5.41) is 3.04. The van der Waals surface area contributed by atoms with E-state index in [0.29, 0.717) is 25.6 Å². The highest BCUT2D eigenvalue weighted by Crippen LogP contribution is 2.25. The Balaban J connectivity index is 1.42. The molecule has 5 heteroatoms. The fraction of sp³-hybridized carbons (Fsp3) is 0.619. The van der Waals surface area contributed by atoms with Crippen molar-refractivity contribution in [2.24, 2.45) is 5.92 Å². The summed E-state index contributed by atoms with van der Waals surface area (Å²) < 4.78 is 0. The molecule has 2 amide bonds. The van der Waals surface area contributed by atoms with E-state index in [4.69, 9.17) is 0 Å². The highest BCUT2D eigenvalue weighted by atomic mass is 16.2. The minimum absolute atomic E-state index is 0.0136. The molecule has 2 unspecified atom stereocenters. The second kappa shape index (κ2) is 8.67. The molecule has 5 nitrogen and oxygen atoms in total. The van der Waals surface area contributed by atoms with Gasteiger partial charge in [0.2, 0.25) is 11.8 Å². The molecule has 1 aromatic carbocycles. The second-order valence-corrected chi connectivity index (χ2v) is 7.77. The molecule has 2 saturated heterocycles. The van der Waals surface area contributed by atoms with Gasteiger partial charge in [0.25, 0.3) is 0 Å². The van der Waals surface area contributed by atoms with Gasteiger partial charge in [0.05, 0.1) is 5.92 Å². The maximum atomic E-state index is 12.4. The number of piperidine rings is 1. The topological polar surface area (TPSA) is 52.7 Å². The zero-order chi connectivity index (χ0) is 18.5.